The van der Waals surface area contributed by atoms with Crippen LogP contribution in [0.1, 0.15) is 91.2 Å². The number of fused-ring (bicyclic) bond motifs is 3. The molecule has 1 N–H and O–H groups in total. The molecule has 2 bridgehead atoms. The first-order chi connectivity index (χ1) is 21.3. The molecule has 1 aliphatic heterocycles. The molecule has 8 heteroatoms. The Morgan fingerprint density at radius 1 is 0.956 bits per heavy atom. The number of hydrogen-bond donors (Lipinski definition) is 1. The van der Waals surface area contributed by atoms with Gasteiger partial charge in [-0.2, -0.15) is 0 Å². The molecule has 1 saturated heterocycles. The van der Waals surface area contributed by atoms with Crippen molar-refractivity contribution in [3.05, 3.63) is 59.7 Å². The van der Waals surface area contributed by atoms with Crippen LogP contribution in [-0.2, 0) is 18.8 Å². The van der Waals surface area contributed by atoms with E-state index in [0.717, 1.165) is 24.0 Å². The standard InChI is InChI=1S/C37H51BN2O5/c1-22(2)17-30(40(8)35(42)43-21-29-27-15-11-9-13-25(27)26-14-10-12-16-28(26)29)34(41)39-33(18-23(3)4)38-44-32-20-24-19-31(36(24,5)6)37(32,7)45-38/h9-16,22-24,29-33H,17-21H2,1-8H3,(H,39,41)/t24-,30-,31-,32+,33-,37-/m0/s1. The highest BCUT2D eigenvalue weighted by Gasteiger charge is 2.68. The van der Waals surface area contributed by atoms with Crippen LogP contribution in [-0.4, -0.2) is 61.4 Å². The van der Waals surface area contributed by atoms with E-state index in [0.29, 0.717) is 24.2 Å². The molecule has 2 aromatic carbocycles. The molecule has 2 aromatic rings. The zero-order valence-corrected chi connectivity index (χ0v) is 28.3. The molecule has 45 heavy (non-hydrogen) atoms. The van der Waals surface area contributed by atoms with Crippen LogP contribution in [0.25, 0.3) is 11.1 Å². The van der Waals surface area contributed by atoms with E-state index in [1.807, 2.05) is 24.3 Å². The van der Waals surface area contributed by atoms with Crippen molar-refractivity contribution < 1.29 is 23.6 Å². The van der Waals surface area contributed by atoms with E-state index >= 15 is 0 Å². The predicted molar refractivity (Wildman–Crippen MR) is 178 cm³/mol. The Bertz CT molecular complexity index is 1380. The summed E-state index contributed by atoms with van der Waals surface area (Å²) in [4.78, 5) is 29.1. The van der Waals surface area contributed by atoms with E-state index in [1.165, 1.54) is 22.4 Å². The molecule has 4 aliphatic carbocycles. The lowest BCUT2D eigenvalue weighted by Crippen LogP contribution is -2.65. The normalized spacial score (nSPS) is 27.3. The van der Waals surface area contributed by atoms with Crippen LogP contribution in [0.15, 0.2) is 48.5 Å². The summed E-state index contributed by atoms with van der Waals surface area (Å²) in [6.45, 7) is 15.6. The number of hydrogen-bond acceptors (Lipinski definition) is 5. The minimum Gasteiger partial charge on any atom is -0.448 e. The maximum absolute atomic E-state index is 14.1. The number of rotatable bonds is 10. The molecule has 0 radical (unpaired) electrons. The van der Waals surface area contributed by atoms with Gasteiger partial charge in [-0.15, -0.1) is 0 Å². The van der Waals surface area contributed by atoms with Gasteiger partial charge >= 0.3 is 13.2 Å². The minimum absolute atomic E-state index is 0.0415. The van der Waals surface area contributed by atoms with Gasteiger partial charge in [-0.25, -0.2) is 4.79 Å². The molecular formula is C37H51BN2O5. The zero-order valence-electron chi connectivity index (χ0n) is 28.3. The summed E-state index contributed by atoms with van der Waals surface area (Å²) in [5.74, 6) is 1.08. The Morgan fingerprint density at radius 2 is 1.56 bits per heavy atom. The number of nitrogens with one attached hydrogen (secondary N) is 1. The molecule has 2 amide bonds. The number of benzene rings is 2. The van der Waals surface area contributed by atoms with Gasteiger partial charge in [0.1, 0.15) is 12.6 Å². The second kappa shape index (κ2) is 12.1. The number of likely N-dealkylation sites (N-methyl/N-ethyl adjacent to an activating group) is 1. The van der Waals surface area contributed by atoms with Crippen molar-refractivity contribution >= 4 is 19.1 Å². The second-order valence-corrected chi connectivity index (χ2v) is 15.6. The molecule has 5 aliphatic rings. The first-order valence-corrected chi connectivity index (χ1v) is 17.0. The van der Waals surface area contributed by atoms with Crippen molar-refractivity contribution in [2.75, 3.05) is 13.7 Å². The lowest BCUT2D eigenvalue weighted by Gasteiger charge is -2.64. The fourth-order valence-electron chi connectivity index (χ4n) is 8.81. The number of amides is 2. The van der Waals surface area contributed by atoms with Gasteiger partial charge in [-0.1, -0.05) is 90.1 Å². The van der Waals surface area contributed by atoms with Gasteiger partial charge in [-0.05, 0) is 83.9 Å². The van der Waals surface area contributed by atoms with Crippen molar-refractivity contribution in [3.63, 3.8) is 0 Å². The summed E-state index contributed by atoms with van der Waals surface area (Å²) in [5, 5.41) is 3.29. The smallest absolute Gasteiger partial charge is 0.448 e. The molecule has 3 saturated carbocycles. The number of carbonyl (C=O) groups is 2. The summed E-state index contributed by atoms with van der Waals surface area (Å²) in [7, 11) is 1.16. The topological polar surface area (TPSA) is 77.1 Å². The van der Waals surface area contributed by atoms with Gasteiger partial charge in [0.05, 0.1) is 17.6 Å². The second-order valence-electron chi connectivity index (χ2n) is 15.6. The van der Waals surface area contributed by atoms with Gasteiger partial charge in [0, 0.05) is 13.0 Å². The van der Waals surface area contributed by atoms with Crippen LogP contribution in [0.2, 0.25) is 0 Å². The van der Waals surface area contributed by atoms with Crippen molar-refractivity contribution in [3.8, 4) is 11.1 Å². The molecule has 1 heterocycles. The van der Waals surface area contributed by atoms with Crippen LogP contribution in [0.5, 0.6) is 0 Å². The third-order valence-corrected chi connectivity index (χ3v) is 11.4. The van der Waals surface area contributed by atoms with E-state index in [4.69, 9.17) is 14.0 Å². The Labute approximate surface area is 269 Å². The summed E-state index contributed by atoms with van der Waals surface area (Å²) in [6.07, 6.45) is 2.97. The van der Waals surface area contributed by atoms with Gasteiger partial charge < -0.3 is 19.4 Å². The maximum Gasteiger partial charge on any atom is 0.481 e. The zero-order chi connectivity index (χ0) is 32.3. The van der Waals surface area contributed by atoms with Gasteiger partial charge in [0.25, 0.3) is 0 Å². The molecule has 7 rings (SSSR count). The van der Waals surface area contributed by atoms with Crippen molar-refractivity contribution in [2.24, 2.45) is 29.1 Å². The third-order valence-electron chi connectivity index (χ3n) is 11.4. The Hall–Kier alpha value is -2.84. The van der Waals surface area contributed by atoms with Crippen LogP contribution >= 0.6 is 0 Å². The molecular weight excluding hydrogens is 563 g/mol. The van der Waals surface area contributed by atoms with E-state index in [-0.39, 0.29) is 47.4 Å². The van der Waals surface area contributed by atoms with E-state index < -0.39 is 19.3 Å². The highest BCUT2D eigenvalue weighted by Crippen LogP contribution is 2.65. The Balaban J connectivity index is 1.15. The predicted octanol–water partition coefficient (Wildman–Crippen LogP) is 7.08. The van der Waals surface area contributed by atoms with E-state index in [2.05, 4.69) is 78.0 Å². The average molecular weight is 615 g/mol. The fourth-order valence-corrected chi connectivity index (χ4v) is 8.81. The summed E-state index contributed by atoms with van der Waals surface area (Å²) in [5.41, 5.74) is 4.58. The monoisotopic (exact) mass is 614 g/mol. The SMILES string of the molecule is CC(C)C[C@H](NC(=O)[C@H](CC(C)C)N(C)C(=O)OCC1c2ccccc2-c2ccccc21)B1O[C@@H]2C[C@@H]3C[C@@H](C3(C)C)[C@]2(C)O1. The van der Waals surface area contributed by atoms with Crippen molar-refractivity contribution in [1.82, 2.24) is 10.2 Å². The minimum atomic E-state index is -0.679. The molecule has 7 nitrogen and oxygen atoms in total. The number of ether oxygens (including phenoxy) is 1. The maximum atomic E-state index is 14.1. The lowest BCUT2D eigenvalue weighted by molar-refractivity contribution is -0.199. The van der Waals surface area contributed by atoms with Crippen molar-refractivity contribution in [2.45, 2.75) is 104 Å². The summed E-state index contributed by atoms with van der Waals surface area (Å²) in [6, 6.07) is 15.9. The summed E-state index contributed by atoms with van der Waals surface area (Å²) < 4.78 is 19.3. The lowest BCUT2D eigenvalue weighted by atomic mass is 9.43. The fraction of sp³-hybridized carbons (Fsp3) is 0.622. The first-order valence-electron chi connectivity index (χ1n) is 17.0. The average Bonchev–Trinajstić information content (AvgIpc) is 3.52. The molecule has 242 valence electrons. The van der Waals surface area contributed by atoms with Gasteiger partial charge in [0.15, 0.2) is 0 Å². The van der Waals surface area contributed by atoms with Crippen molar-refractivity contribution in [1.29, 1.82) is 0 Å². The van der Waals surface area contributed by atoms with E-state index in [1.54, 1.807) is 7.05 Å². The Morgan fingerprint density at radius 3 is 2.13 bits per heavy atom. The molecule has 4 fully saturated rings. The van der Waals surface area contributed by atoms with E-state index in [9.17, 15) is 9.59 Å². The van der Waals surface area contributed by atoms with Crippen LogP contribution < -0.4 is 5.32 Å². The first kappa shape index (κ1) is 32.1. The molecule has 0 aromatic heterocycles. The highest BCUT2D eigenvalue weighted by molar-refractivity contribution is 6.48. The third kappa shape index (κ3) is 5.71. The van der Waals surface area contributed by atoms with Crippen LogP contribution in [0.3, 0.4) is 0 Å². The Kier molecular flexibility index (Phi) is 8.62. The van der Waals surface area contributed by atoms with Gasteiger partial charge in [-0.3, -0.25) is 9.69 Å². The van der Waals surface area contributed by atoms with Crippen LogP contribution in [0.4, 0.5) is 4.79 Å². The van der Waals surface area contributed by atoms with Crippen LogP contribution in [0, 0.1) is 29.1 Å². The number of carbonyl (C=O) groups excluding carboxylic acids is 2. The summed E-state index contributed by atoms with van der Waals surface area (Å²) >= 11 is 0. The number of nitrogens with zero attached hydrogens (tertiary/aromatic N) is 1. The highest BCUT2D eigenvalue weighted by atomic mass is 16.7. The quantitative estimate of drug-likeness (QED) is 0.290. The molecule has 6 atom stereocenters. The largest absolute Gasteiger partial charge is 0.481 e. The molecule has 0 spiro atoms. The van der Waals surface area contributed by atoms with Gasteiger partial charge in [0.2, 0.25) is 5.91 Å². The molecule has 0 unspecified atom stereocenters.